The van der Waals surface area contributed by atoms with E-state index in [9.17, 15) is 19.5 Å². The van der Waals surface area contributed by atoms with Gasteiger partial charge in [-0.15, -0.1) is 0 Å². The molecule has 1 N–H and O–H groups in total. The number of hydrogen-bond donors (Lipinski definition) is 1. The number of benzene rings is 2. The van der Waals surface area contributed by atoms with E-state index >= 15 is 0 Å². The number of anilines is 1. The summed E-state index contributed by atoms with van der Waals surface area (Å²) >= 11 is 0. The lowest BCUT2D eigenvalue weighted by molar-refractivity contribution is -0.120. The molecule has 1 amide bonds. The van der Waals surface area contributed by atoms with Gasteiger partial charge < -0.3 is 14.7 Å². The number of phenols is 1. The van der Waals surface area contributed by atoms with Gasteiger partial charge in [-0.25, -0.2) is 0 Å². The van der Waals surface area contributed by atoms with Crippen molar-refractivity contribution in [1.29, 1.82) is 0 Å². The summed E-state index contributed by atoms with van der Waals surface area (Å²) < 4.78 is 4.66. The van der Waals surface area contributed by atoms with Gasteiger partial charge >= 0.3 is 0 Å². The highest BCUT2D eigenvalue weighted by atomic mass is 16.5. The molecule has 120 valence electrons. The summed E-state index contributed by atoms with van der Waals surface area (Å²) in [5.41, 5.74) is 1.45. The summed E-state index contributed by atoms with van der Waals surface area (Å²) in [6.45, 7) is 0.187. The minimum absolute atomic E-state index is 0.000979. The van der Waals surface area contributed by atoms with Crippen LogP contribution in [-0.2, 0) is 9.59 Å². The van der Waals surface area contributed by atoms with Crippen LogP contribution in [0.5, 0.6) is 11.5 Å². The number of likely N-dealkylation sites (N-methyl/N-ethyl adjacent to an activating group) is 1. The van der Waals surface area contributed by atoms with E-state index in [1.54, 1.807) is 31.3 Å². The first-order valence-corrected chi connectivity index (χ1v) is 7.09. The summed E-state index contributed by atoms with van der Waals surface area (Å²) in [6.07, 6.45) is 1.41. The molecule has 0 atom stereocenters. The molecule has 2 aromatic carbocycles. The second-order valence-corrected chi connectivity index (χ2v) is 5.21. The maximum absolute atomic E-state index is 12.6. The SMILES string of the molecule is CN1C(=O)/C(=C\c2ccc(O)c(OC=O)c2)C(=O)c2ccccc21. The van der Waals surface area contributed by atoms with Crippen molar-refractivity contribution in [3.63, 3.8) is 0 Å². The Kier molecular flexibility index (Phi) is 3.87. The summed E-state index contributed by atoms with van der Waals surface area (Å²) in [4.78, 5) is 36.9. The number of amides is 1. The van der Waals surface area contributed by atoms with Gasteiger partial charge in [-0.3, -0.25) is 14.4 Å². The lowest BCUT2D eigenvalue weighted by atomic mass is 9.94. The highest BCUT2D eigenvalue weighted by Gasteiger charge is 2.32. The Labute approximate surface area is 137 Å². The number of ether oxygens (including phenoxy) is 1. The number of Topliss-reactive ketones (excluding diaryl/α,β-unsaturated/α-hetero) is 1. The first-order valence-electron chi connectivity index (χ1n) is 7.09. The maximum Gasteiger partial charge on any atom is 0.298 e. The smallest absolute Gasteiger partial charge is 0.298 e. The molecule has 0 saturated carbocycles. The van der Waals surface area contributed by atoms with Gasteiger partial charge in [0.25, 0.3) is 12.4 Å². The van der Waals surface area contributed by atoms with Crippen molar-refractivity contribution < 1.29 is 24.2 Å². The largest absolute Gasteiger partial charge is 0.504 e. The van der Waals surface area contributed by atoms with Crippen LogP contribution in [0.2, 0.25) is 0 Å². The van der Waals surface area contributed by atoms with Gasteiger partial charge in [-0.2, -0.15) is 0 Å². The highest BCUT2D eigenvalue weighted by Crippen LogP contribution is 2.32. The third kappa shape index (κ3) is 2.54. The number of carbonyl (C=O) groups excluding carboxylic acids is 3. The van der Waals surface area contributed by atoms with Crippen molar-refractivity contribution in [3.8, 4) is 11.5 Å². The number of para-hydroxylation sites is 1. The van der Waals surface area contributed by atoms with E-state index < -0.39 is 5.91 Å². The molecular weight excluding hydrogens is 310 g/mol. The van der Waals surface area contributed by atoms with Crippen molar-refractivity contribution in [2.24, 2.45) is 0 Å². The summed E-state index contributed by atoms with van der Waals surface area (Å²) in [7, 11) is 1.60. The molecule has 3 rings (SSSR count). The highest BCUT2D eigenvalue weighted by molar-refractivity contribution is 6.36. The fourth-order valence-corrected chi connectivity index (χ4v) is 2.55. The van der Waals surface area contributed by atoms with Crippen LogP contribution in [0, 0.1) is 0 Å². The topological polar surface area (TPSA) is 83.9 Å². The van der Waals surface area contributed by atoms with E-state index in [0.717, 1.165) is 0 Å². The molecule has 24 heavy (non-hydrogen) atoms. The van der Waals surface area contributed by atoms with Gasteiger partial charge in [0.1, 0.15) is 0 Å². The van der Waals surface area contributed by atoms with Gasteiger partial charge in [-0.05, 0) is 35.9 Å². The van der Waals surface area contributed by atoms with Crippen LogP contribution in [0.15, 0.2) is 48.0 Å². The predicted molar refractivity (Wildman–Crippen MR) is 87.0 cm³/mol. The quantitative estimate of drug-likeness (QED) is 0.532. The number of aromatic hydroxyl groups is 1. The van der Waals surface area contributed by atoms with Crippen LogP contribution < -0.4 is 9.64 Å². The monoisotopic (exact) mass is 323 g/mol. The molecule has 0 aliphatic carbocycles. The number of phenolic OH excluding ortho intramolecular Hbond substituents is 1. The normalized spacial score (nSPS) is 15.4. The summed E-state index contributed by atoms with van der Waals surface area (Å²) in [5.74, 6) is -1.07. The molecule has 0 aromatic heterocycles. The Hall–Kier alpha value is -3.41. The van der Waals surface area contributed by atoms with Crippen LogP contribution in [0.3, 0.4) is 0 Å². The maximum atomic E-state index is 12.6. The zero-order chi connectivity index (χ0) is 17.3. The number of nitrogens with zero attached hydrogens (tertiary/aromatic N) is 1. The fraction of sp³-hybridized carbons (Fsp3) is 0.0556. The number of fused-ring (bicyclic) bond motifs is 1. The van der Waals surface area contributed by atoms with E-state index in [2.05, 4.69) is 4.74 Å². The van der Waals surface area contributed by atoms with Gasteiger partial charge in [0, 0.05) is 12.6 Å². The molecule has 1 heterocycles. The van der Waals surface area contributed by atoms with Crippen molar-refractivity contribution in [3.05, 3.63) is 59.2 Å². The van der Waals surface area contributed by atoms with Crippen LogP contribution >= 0.6 is 0 Å². The number of hydrogen-bond acceptors (Lipinski definition) is 5. The molecule has 6 nitrogen and oxygen atoms in total. The van der Waals surface area contributed by atoms with Crippen LogP contribution in [0.4, 0.5) is 5.69 Å². The molecule has 0 spiro atoms. The standard InChI is InChI=1S/C18H13NO5/c1-19-14-5-3-2-4-12(14)17(22)13(18(19)23)8-11-6-7-15(21)16(9-11)24-10-20/h2-10,21H,1H3/b13-8-. The number of ketones is 1. The minimum atomic E-state index is -0.426. The Morgan fingerprint density at radius 1 is 1.12 bits per heavy atom. The Balaban J connectivity index is 2.08. The van der Waals surface area contributed by atoms with Crippen LogP contribution in [-0.4, -0.2) is 30.3 Å². The van der Waals surface area contributed by atoms with Crippen molar-refractivity contribution in [1.82, 2.24) is 0 Å². The molecule has 0 unspecified atom stereocenters. The van der Waals surface area contributed by atoms with E-state index in [0.29, 0.717) is 16.8 Å². The van der Waals surface area contributed by atoms with Crippen LogP contribution in [0.25, 0.3) is 6.08 Å². The van der Waals surface area contributed by atoms with Crippen LogP contribution in [0.1, 0.15) is 15.9 Å². The first-order chi connectivity index (χ1) is 11.5. The molecule has 0 fully saturated rings. The lowest BCUT2D eigenvalue weighted by Gasteiger charge is -2.26. The predicted octanol–water partition coefficient (Wildman–Crippen LogP) is 2.17. The van der Waals surface area contributed by atoms with E-state index in [-0.39, 0.29) is 29.3 Å². The summed E-state index contributed by atoms with van der Waals surface area (Å²) in [6, 6.07) is 11.1. The van der Waals surface area contributed by atoms with E-state index in [1.807, 2.05) is 0 Å². The first kappa shape index (κ1) is 15.5. The lowest BCUT2D eigenvalue weighted by Crippen LogP contribution is -2.36. The van der Waals surface area contributed by atoms with Gasteiger partial charge in [0.2, 0.25) is 5.78 Å². The van der Waals surface area contributed by atoms with Gasteiger partial charge in [0.15, 0.2) is 11.5 Å². The zero-order valence-corrected chi connectivity index (χ0v) is 12.7. The second-order valence-electron chi connectivity index (χ2n) is 5.21. The van der Waals surface area contributed by atoms with Crippen molar-refractivity contribution >= 4 is 29.9 Å². The third-order valence-electron chi connectivity index (χ3n) is 3.76. The molecule has 0 radical (unpaired) electrons. The van der Waals surface area contributed by atoms with Crippen molar-refractivity contribution in [2.45, 2.75) is 0 Å². The molecule has 1 aliphatic rings. The number of rotatable bonds is 3. The number of carbonyl (C=O) groups is 3. The molecule has 1 aliphatic heterocycles. The Morgan fingerprint density at radius 2 is 1.88 bits per heavy atom. The average molecular weight is 323 g/mol. The van der Waals surface area contributed by atoms with Crippen molar-refractivity contribution in [2.75, 3.05) is 11.9 Å². The van der Waals surface area contributed by atoms with Gasteiger partial charge in [0.05, 0.1) is 11.3 Å². The molecular formula is C18H13NO5. The van der Waals surface area contributed by atoms with Gasteiger partial charge in [-0.1, -0.05) is 18.2 Å². The van der Waals surface area contributed by atoms with E-state index in [1.165, 1.54) is 29.2 Å². The molecule has 0 saturated heterocycles. The molecule has 0 bridgehead atoms. The zero-order valence-electron chi connectivity index (χ0n) is 12.7. The second kappa shape index (κ2) is 6.00. The minimum Gasteiger partial charge on any atom is -0.504 e. The third-order valence-corrected chi connectivity index (χ3v) is 3.76. The Bertz CT molecular complexity index is 885. The fourth-order valence-electron chi connectivity index (χ4n) is 2.55. The summed E-state index contributed by atoms with van der Waals surface area (Å²) in [5, 5.41) is 9.60. The van der Waals surface area contributed by atoms with E-state index in [4.69, 9.17) is 0 Å². The molecule has 6 heteroatoms. The molecule has 2 aromatic rings. The Morgan fingerprint density at radius 3 is 2.62 bits per heavy atom. The average Bonchev–Trinajstić information content (AvgIpc) is 2.59.